The topological polar surface area (TPSA) is 127 Å². The van der Waals surface area contributed by atoms with Gasteiger partial charge in [-0.2, -0.15) is 4.31 Å². The van der Waals surface area contributed by atoms with E-state index in [1.807, 2.05) is 0 Å². The largest absolute Gasteiger partial charge is 0.339 e. The summed E-state index contributed by atoms with van der Waals surface area (Å²) in [5, 5.41) is 10.9. The van der Waals surface area contributed by atoms with E-state index in [1.54, 1.807) is 13.8 Å². The molecule has 1 aromatic rings. The monoisotopic (exact) mass is 392 g/mol. The van der Waals surface area contributed by atoms with Crippen molar-refractivity contribution in [2.24, 2.45) is 5.73 Å². The Labute approximate surface area is 152 Å². The highest BCUT2D eigenvalue weighted by Crippen LogP contribution is 2.25. The molecule has 11 heteroatoms. The molecule has 140 valence electrons. The van der Waals surface area contributed by atoms with Crippen molar-refractivity contribution in [2.75, 3.05) is 26.2 Å². The zero-order valence-corrected chi connectivity index (χ0v) is 15.5. The third kappa shape index (κ3) is 4.46. The fourth-order valence-corrected chi connectivity index (χ4v) is 4.22. The Balaban J connectivity index is 0.00000312. The number of non-ortho nitro benzene ring substituents is 1. The van der Waals surface area contributed by atoms with Gasteiger partial charge in [-0.15, -0.1) is 12.4 Å². The SMILES string of the molecule is Cc1ccc([N+](=O)[O-])cc1S(=O)(=O)N1CCN(C(=O)[C@H](C)N)CC1.Cl. The van der Waals surface area contributed by atoms with Crippen LogP contribution in [-0.2, 0) is 14.8 Å². The van der Waals surface area contributed by atoms with E-state index >= 15 is 0 Å². The number of halogens is 1. The minimum atomic E-state index is -3.86. The zero-order chi connectivity index (χ0) is 18.1. The van der Waals surface area contributed by atoms with Crippen LogP contribution in [0.2, 0.25) is 0 Å². The van der Waals surface area contributed by atoms with Crippen LogP contribution < -0.4 is 5.73 Å². The van der Waals surface area contributed by atoms with Gasteiger partial charge < -0.3 is 10.6 Å². The molecule has 2 rings (SSSR count). The molecule has 0 aromatic heterocycles. The fourth-order valence-electron chi connectivity index (χ4n) is 2.56. The van der Waals surface area contributed by atoms with Crippen molar-refractivity contribution in [3.8, 4) is 0 Å². The number of nitrogens with two attached hydrogens (primary N) is 1. The minimum Gasteiger partial charge on any atom is -0.339 e. The summed E-state index contributed by atoms with van der Waals surface area (Å²) in [5.41, 5.74) is 5.72. The summed E-state index contributed by atoms with van der Waals surface area (Å²) in [7, 11) is -3.86. The van der Waals surface area contributed by atoms with Crippen LogP contribution in [0.3, 0.4) is 0 Å². The summed E-state index contributed by atoms with van der Waals surface area (Å²) in [6.45, 7) is 3.91. The van der Waals surface area contributed by atoms with Crippen LogP contribution in [0.1, 0.15) is 12.5 Å². The summed E-state index contributed by atoms with van der Waals surface area (Å²) in [6, 6.07) is 3.13. The first-order valence-corrected chi connectivity index (χ1v) is 8.88. The molecule has 1 aliphatic rings. The third-order valence-corrected chi connectivity index (χ3v) is 5.98. The van der Waals surface area contributed by atoms with Gasteiger partial charge >= 0.3 is 0 Å². The molecule has 0 unspecified atom stereocenters. The van der Waals surface area contributed by atoms with E-state index in [4.69, 9.17) is 5.73 Å². The lowest BCUT2D eigenvalue weighted by Crippen LogP contribution is -2.53. The molecule has 1 fully saturated rings. The molecule has 0 radical (unpaired) electrons. The van der Waals surface area contributed by atoms with E-state index in [0.29, 0.717) is 5.56 Å². The van der Waals surface area contributed by atoms with E-state index < -0.39 is 21.0 Å². The molecule has 1 heterocycles. The van der Waals surface area contributed by atoms with E-state index in [-0.39, 0.29) is 55.1 Å². The second-order valence-corrected chi connectivity index (χ2v) is 7.63. The summed E-state index contributed by atoms with van der Waals surface area (Å²) in [4.78, 5) is 23.6. The van der Waals surface area contributed by atoms with Gasteiger partial charge in [0, 0.05) is 38.3 Å². The Hall–Kier alpha value is -1.75. The maximum Gasteiger partial charge on any atom is 0.270 e. The van der Waals surface area contributed by atoms with Gasteiger partial charge in [0.05, 0.1) is 15.9 Å². The van der Waals surface area contributed by atoms with E-state index in [9.17, 15) is 23.3 Å². The number of hydrogen-bond donors (Lipinski definition) is 1. The van der Waals surface area contributed by atoms with Crippen molar-refractivity contribution in [3.05, 3.63) is 33.9 Å². The maximum absolute atomic E-state index is 12.8. The molecular formula is C14H21ClN4O5S. The molecule has 1 amide bonds. The van der Waals surface area contributed by atoms with Crippen LogP contribution in [0.4, 0.5) is 5.69 Å². The van der Waals surface area contributed by atoms with Crippen LogP contribution in [0, 0.1) is 17.0 Å². The lowest BCUT2D eigenvalue weighted by atomic mass is 10.2. The molecule has 1 saturated heterocycles. The zero-order valence-electron chi connectivity index (χ0n) is 13.9. The van der Waals surface area contributed by atoms with Crippen LogP contribution in [0.15, 0.2) is 23.1 Å². The molecule has 0 spiro atoms. The molecule has 1 atom stereocenters. The second-order valence-electron chi connectivity index (χ2n) is 5.72. The van der Waals surface area contributed by atoms with Gasteiger partial charge in [-0.1, -0.05) is 6.07 Å². The number of nitro benzene ring substituents is 1. The molecule has 9 nitrogen and oxygen atoms in total. The highest BCUT2D eigenvalue weighted by atomic mass is 35.5. The summed E-state index contributed by atoms with van der Waals surface area (Å²) >= 11 is 0. The van der Waals surface area contributed by atoms with Crippen molar-refractivity contribution >= 4 is 34.0 Å². The smallest absolute Gasteiger partial charge is 0.270 e. The standard InChI is InChI=1S/C14H20N4O5S.ClH/c1-10-3-4-12(18(20)21)9-13(10)24(22,23)17-7-5-16(6-8-17)14(19)11(2)15;/h3-4,9,11H,5-8,15H2,1-2H3;1H/t11-;/m0./s1. The predicted octanol–water partition coefficient (Wildman–Crippen LogP) is 0.505. The number of aryl methyl sites for hydroxylation is 1. The van der Waals surface area contributed by atoms with Crippen LogP contribution in [0.5, 0.6) is 0 Å². The third-order valence-electron chi connectivity index (χ3n) is 3.94. The Morgan fingerprint density at radius 2 is 1.84 bits per heavy atom. The van der Waals surface area contributed by atoms with E-state index in [1.165, 1.54) is 21.3 Å². The molecule has 1 aliphatic heterocycles. The number of nitrogens with zero attached hydrogens (tertiary/aromatic N) is 3. The number of sulfonamides is 1. The number of amides is 1. The highest BCUT2D eigenvalue weighted by Gasteiger charge is 2.32. The Bertz CT molecular complexity index is 760. The van der Waals surface area contributed by atoms with Crippen molar-refractivity contribution in [1.82, 2.24) is 9.21 Å². The molecule has 2 N–H and O–H groups in total. The summed E-state index contributed by atoms with van der Waals surface area (Å²) in [5.74, 6) is -0.224. The summed E-state index contributed by atoms with van der Waals surface area (Å²) in [6.07, 6.45) is 0. The Kier molecular flexibility index (Phi) is 6.89. The first kappa shape index (κ1) is 21.3. The molecule has 0 aliphatic carbocycles. The molecular weight excluding hydrogens is 372 g/mol. The number of carbonyl (C=O) groups is 1. The summed E-state index contributed by atoms with van der Waals surface area (Å²) < 4.78 is 26.8. The van der Waals surface area contributed by atoms with Crippen molar-refractivity contribution < 1.29 is 18.1 Å². The first-order chi connectivity index (χ1) is 11.1. The second kappa shape index (κ2) is 8.09. The number of piperazine rings is 1. The predicted molar refractivity (Wildman–Crippen MR) is 94.1 cm³/mol. The van der Waals surface area contributed by atoms with Gasteiger partial charge in [0.2, 0.25) is 15.9 Å². The minimum absolute atomic E-state index is 0. The van der Waals surface area contributed by atoms with E-state index in [0.717, 1.165) is 6.07 Å². The lowest BCUT2D eigenvalue weighted by Gasteiger charge is -2.34. The van der Waals surface area contributed by atoms with Crippen LogP contribution in [0.25, 0.3) is 0 Å². The number of carbonyl (C=O) groups excluding carboxylic acids is 1. The normalized spacial score (nSPS) is 16.8. The number of nitro groups is 1. The number of benzene rings is 1. The quantitative estimate of drug-likeness (QED) is 0.587. The average Bonchev–Trinajstić information content (AvgIpc) is 2.54. The van der Waals surface area contributed by atoms with Crippen LogP contribution >= 0.6 is 12.4 Å². The van der Waals surface area contributed by atoms with Crippen LogP contribution in [-0.4, -0.2) is 60.7 Å². The van der Waals surface area contributed by atoms with Crippen molar-refractivity contribution in [2.45, 2.75) is 24.8 Å². The number of hydrogen-bond acceptors (Lipinski definition) is 6. The lowest BCUT2D eigenvalue weighted by molar-refractivity contribution is -0.385. The van der Waals surface area contributed by atoms with Gasteiger partial charge in [0.1, 0.15) is 0 Å². The molecule has 0 bridgehead atoms. The molecule has 0 saturated carbocycles. The van der Waals surface area contributed by atoms with Gasteiger partial charge in [0.15, 0.2) is 0 Å². The van der Waals surface area contributed by atoms with Gasteiger partial charge in [-0.3, -0.25) is 14.9 Å². The average molecular weight is 393 g/mol. The van der Waals surface area contributed by atoms with Crippen molar-refractivity contribution in [3.63, 3.8) is 0 Å². The fraction of sp³-hybridized carbons (Fsp3) is 0.500. The van der Waals surface area contributed by atoms with Gasteiger partial charge in [0.25, 0.3) is 5.69 Å². The van der Waals surface area contributed by atoms with Gasteiger partial charge in [-0.25, -0.2) is 8.42 Å². The highest BCUT2D eigenvalue weighted by molar-refractivity contribution is 7.89. The van der Waals surface area contributed by atoms with Crippen molar-refractivity contribution in [1.29, 1.82) is 0 Å². The Morgan fingerprint density at radius 1 is 1.28 bits per heavy atom. The van der Waals surface area contributed by atoms with E-state index in [2.05, 4.69) is 0 Å². The number of rotatable bonds is 4. The first-order valence-electron chi connectivity index (χ1n) is 7.44. The molecule has 25 heavy (non-hydrogen) atoms. The maximum atomic E-state index is 12.8. The molecule has 1 aromatic carbocycles. The van der Waals surface area contributed by atoms with Gasteiger partial charge in [-0.05, 0) is 19.4 Å². The Morgan fingerprint density at radius 3 is 2.32 bits per heavy atom.